The van der Waals surface area contributed by atoms with Gasteiger partial charge in [0, 0.05) is 42.7 Å². The summed E-state index contributed by atoms with van der Waals surface area (Å²) in [7, 11) is 2.11. The fourth-order valence-electron chi connectivity index (χ4n) is 5.11. The van der Waals surface area contributed by atoms with Gasteiger partial charge in [-0.1, -0.05) is 12.1 Å². The van der Waals surface area contributed by atoms with Crippen molar-refractivity contribution in [2.75, 3.05) is 33.2 Å². The molecule has 3 heterocycles. The number of aliphatic hydroxyl groups is 1. The second-order valence-electron chi connectivity index (χ2n) is 8.95. The van der Waals surface area contributed by atoms with E-state index in [0.29, 0.717) is 6.54 Å². The zero-order valence-electron chi connectivity index (χ0n) is 17.5. The number of aromatic nitrogens is 1. The number of hydrogen-bond donors (Lipinski definition) is 1. The third kappa shape index (κ3) is 3.20. The van der Waals surface area contributed by atoms with E-state index in [1.165, 1.54) is 5.56 Å². The van der Waals surface area contributed by atoms with E-state index in [1.807, 2.05) is 24.0 Å². The van der Waals surface area contributed by atoms with Crippen LogP contribution in [0.4, 0.5) is 0 Å². The highest BCUT2D eigenvalue weighted by molar-refractivity contribution is 6.07. The Morgan fingerprint density at radius 3 is 2.79 bits per heavy atom. The number of amides is 1. The Morgan fingerprint density at radius 1 is 1.21 bits per heavy atom. The molecule has 1 aromatic carbocycles. The van der Waals surface area contributed by atoms with Crippen molar-refractivity contribution in [3.63, 3.8) is 0 Å². The van der Waals surface area contributed by atoms with E-state index >= 15 is 0 Å². The van der Waals surface area contributed by atoms with E-state index in [1.54, 1.807) is 0 Å². The van der Waals surface area contributed by atoms with Crippen molar-refractivity contribution in [1.29, 1.82) is 0 Å². The minimum atomic E-state index is -0.333. The molecular weight excluding hydrogens is 350 g/mol. The first-order valence-corrected chi connectivity index (χ1v) is 10.3. The van der Waals surface area contributed by atoms with Gasteiger partial charge >= 0.3 is 0 Å². The molecule has 1 N–H and O–H groups in total. The van der Waals surface area contributed by atoms with Gasteiger partial charge in [-0.05, 0) is 64.3 Å². The van der Waals surface area contributed by atoms with Crippen LogP contribution in [0.15, 0.2) is 18.2 Å². The van der Waals surface area contributed by atoms with Crippen LogP contribution in [0.5, 0.6) is 0 Å². The third-order valence-electron chi connectivity index (χ3n) is 6.84. The van der Waals surface area contributed by atoms with Gasteiger partial charge in [0.25, 0.3) is 5.91 Å². The predicted octanol–water partition coefficient (Wildman–Crippen LogP) is 3.08. The largest absolute Gasteiger partial charge is 0.392 e. The van der Waals surface area contributed by atoms with E-state index < -0.39 is 0 Å². The van der Waals surface area contributed by atoms with Crippen molar-refractivity contribution in [2.24, 2.45) is 5.41 Å². The van der Waals surface area contributed by atoms with Crippen LogP contribution in [0.2, 0.25) is 0 Å². The van der Waals surface area contributed by atoms with Crippen molar-refractivity contribution in [3.8, 4) is 0 Å². The number of benzene rings is 1. The van der Waals surface area contributed by atoms with Gasteiger partial charge in [0.2, 0.25) is 0 Å². The Balaban J connectivity index is 1.71. The highest BCUT2D eigenvalue weighted by Crippen LogP contribution is 2.39. The maximum atomic E-state index is 13.6. The zero-order chi connectivity index (χ0) is 20.1. The number of rotatable bonds is 1. The van der Waals surface area contributed by atoms with Gasteiger partial charge in [-0.3, -0.25) is 9.78 Å². The molecule has 2 aliphatic heterocycles. The van der Waals surface area contributed by atoms with Crippen LogP contribution >= 0.6 is 0 Å². The lowest BCUT2D eigenvalue weighted by atomic mass is 9.71. The molecule has 0 radical (unpaired) electrons. The van der Waals surface area contributed by atoms with Gasteiger partial charge in [0.15, 0.2) is 0 Å². The molecule has 2 aliphatic rings. The molecule has 1 amide bonds. The fourth-order valence-corrected chi connectivity index (χ4v) is 5.11. The molecule has 2 aromatic rings. The van der Waals surface area contributed by atoms with Crippen LogP contribution in [-0.4, -0.2) is 65.1 Å². The molecule has 5 heteroatoms. The summed E-state index contributed by atoms with van der Waals surface area (Å²) in [5.41, 5.74) is 4.65. The summed E-state index contributed by atoms with van der Waals surface area (Å²) >= 11 is 0. The summed E-state index contributed by atoms with van der Waals surface area (Å²) in [5.74, 6) is 0.0678. The van der Waals surface area contributed by atoms with Crippen molar-refractivity contribution in [2.45, 2.75) is 46.1 Å². The number of pyridine rings is 1. The predicted molar refractivity (Wildman–Crippen MR) is 112 cm³/mol. The normalized spacial score (nSPS) is 26.2. The SMILES string of the molecule is Cc1cc(C(=O)N2CCC[C@]3(CN(C)CC[C@@H]3O)C2)c2ccc(C)c(C)c2n1. The van der Waals surface area contributed by atoms with Crippen LogP contribution < -0.4 is 0 Å². The third-order valence-corrected chi connectivity index (χ3v) is 6.84. The van der Waals surface area contributed by atoms with Crippen LogP contribution in [0.1, 0.15) is 46.4 Å². The van der Waals surface area contributed by atoms with Crippen molar-refractivity contribution < 1.29 is 9.90 Å². The summed E-state index contributed by atoms with van der Waals surface area (Å²) in [6.45, 7) is 9.26. The Kier molecular flexibility index (Phi) is 4.92. The lowest BCUT2D eigenvalue weighted by Crippen LogP contribution is -2.59. The second kappa shape index (κ2) is 7.12. The Morgan fingerprint density at radius 2 is 2.00 bits per heavy atom. The van der Waals surface area contributed by atoms with Crippen molar-refractivity contribution >= 4 is 16.8 Å². The summed E-state index contributed by atoms with van der Waals surface area (Å²) < 4.78 is 0. The number of piperidine rings is 2. The zero-order valence-corrected chi connectivity index (χ0v) is 17.5. The lowest BCUT2D eigenvalue weighted by Gasteiger charge is -2.50. The molecule has 28 heavy (non-hydrogen) atoms. The molecule has 2 fully saturated rings. The van der Waals surface area contributed by atoms with Gasteiger partial charge in [-0.2, -0.15) is 0 Å². The maximum Gasteiger partial charge on any atom is 0.254 e. The first-order valence-electron chi connectivity index (χ1n) is 10.3. The van der Waals surface area contributed by atoms with Crippen LogP contribution in [0, 0.1) is 26.2 Å². The standard InChI is InChI=1S/C23H31N3O2/c1-15-6-7-18-19(12-16(2)24-21(18)17(15)3)22(28)26-10-5-9-23(14-26)13-25(4)11-8-20(23)27/h6-7,12,20,27H,5,8-11,13-14H2,1-4H3/t20-,23-/m0/s1. The molecule has 0 saturated carbocycles. The number of nitrogens with zero attached hydrogens (tertiary/aromatic N) is 3. The molecule has 0 unspecified atom stereocenters. The first-order chi connectivity index (χ1) is 13.3. The van der Waals surface area contributed by atoms with Gasteiger partial charge in [-0.25, -0.2) is 0 Å². The van der Waals surface area contributed by atoms with Crippen LogP contribution in [-0.2, 0) is 0 Å². The summed E-state index contributed by atoms with van der Waals surface area (Å²) in [6.07, 6.45) is 2.38. The number of fused-ring (bicyclic) bond motifs is 1. The van der Waals surface area contributed by atoms with Crippen molar-refractivity contribution in [3.05, 3.63) is 40.6 Å². The molecule has 5 nitrogen and oxygen atoms in total. The molecular formula is C23H31N3O2. The average molecular weight is 382 g/mol. The lowest BCUT2D eigenvalue weighted by molar-refractivity contribution is -0.0730. The number of aryl methyl sites for hydroxylation is 3. The van der Waals surface area contributed by atoms with Gasteiger partial charge in [0.05, 0.1) is 17.2 Å². The highest BCUT2D eigenvalue weighted by atomic mass is 16.3. The number of carbonyl (C=O) groups is 1. The molecule has 1 spiro atoms. The van der Waals surface area contributed by atoms with Gasteiger partial charge < -0.3 is 14.9 Å². The number of likely N-dealkylation sites (tertiary alicyclic amines) is 2. The Bertz CT molecular complexity index is 926. The second-order valence-corrected chi connectivity index (χ2v) is 8.95. The van der Waals surface area contributed by atoms with Gasteiger partial charge in [0.1, 0.15) is 0 Å². The molecule has 0 aliphatic carbocycles. The Hall–Kier alpha value is -1.98. The Labute approximate surface area is 167 Å². The molecule has 1 aromatic heterocycles. The summed E-state index contributed by atoms with van der Waals surface area (Å²) in [6, 6.07) is 6.02. The molecule has 0 bridgehead atoms. The van der Waals surface area contributed by atoms with Crippen LogP contribution in [0.25, 0.3) is 10.9 Å². The van der Waals surface area contributed by atoms with E-state index in [0.717, 1.165) is 66.6 Å². The minimum absolute atomic E-state index is 0.0678. The van der Waals surface area contributed by atoms with Crippen LogP contribution in [0.3, 0.4) is 0 Å². The fraction of sp³-hybridized carbons (Fsp3) is 0.565. The molecule has 4 rings (SSSR count). The minimum Gasteiger partial charge on any atom is -0.392 e. The number of aliphatic hydroxyl groups excluding tert-OH is 1. The summed E-state index contributed by atoms with van der Waals surface area (Å²) in [4.78, 5) is 22.5. The maximum absolute atomic E-state index is 13.6. The van der Waals surface area contributed by atoms with E-state index in [-0.39, 0.29) is 17.4 Å². The smallest absolute Gasteiger partial charge is 0.254 e. The molecule has 2 atom stereocenters. The average Bonchev–Trinajstić information content (AvgIpc) is 2.67. The topological polar surface area (TPSA) is 56.7 Å². The summed E-state index contributed by atoms with van der Waals surface area (Å²) in [5, 5.41) is 11.7. The quantitative estimate of drug-likeness (QED) is 0.825. The van der Waals surface area contributed by atoms with E-state index in [9.17, 15) is 9.90 Å². The molecule has 150 valence electrons. The number of hydrogen-bond acceptors (Lipinski definition) is 4. The van der Waals surface area contributed by atoms with E-state index in [2.05, 4.69) is 31.9 Å². The van der Waals surface area contributed by atoms with Crippen molar-refractivity contribution in [1.82, 2.24) is 14.8 Å². The number of carbonyl (C=O) groups excluding carboxylic acids is 1. The molecule has 2 saturated heterocycles. The van der Waals surface area contributed by atoms with Gasteiger partial charge in [-0.15, -0.1) is 0 Å². The highest BCUT2D eigenvalue weighted by Gasteiger charge is 2.45. The van der Waals surface area contributed by atoms with E-state index in [4.69, 9.17) is 4.98 Å². The first kappa shape index (κ1) is 19.3. The monoisotopic (exact) mass is 381 g/mol.